The van der Waals surface area contributed by atoms with Crippen molar-refractivity contribution in [3.05, 3.63) is 68.2 Å². The first kappa shape index (κ1) is 20.5. The van der Waals surface area contributed by atoms with Crippen LogP contribution in [0.15, 0.2) is 30.3 Å². The molecule has 0 aliphatic carbocycles. The molecule has 1 N–H and O–H groups in total. The average molecular weight is 421 g/mol. The van der Waals surface area contributed by atoms with Gasteiger partial charge in [0.05, 0.1) is 23.4 Å². The van der Waals surface area contributed by atoms with Gasteiger partial charge in [-0.05, 0) is 37.8 Å². The molecule has 2 heterocycles. The van der Waals surface area contributed by atoms with Crippen molar-refractivity contribution in [2.75, 3.05) is 5.32 Å². The summed E-state index contributed by atoms with van der Waals surface area (Å²) in [5.74, 6) is -0.947. The van der Waals surface area contributed by atoms with Crippen LogP contribution in [0.3, 0.4) is 0 Å². The van der Waals surface area contributed by atoms with E-state index in [0.29, 0.717) is 17.0 Å². The van der Waals surface area contributed by atoms with Crippen LogP contribution in [0.25, 0.3) is 0 Å². The second kappa shape index (κ2) is 8.00. The molecular formula is C18H18ClFN6O3. The Hall–Kier alpha value is -3.27. The molecule has 0 bridgehead atoms. The molecule has 29 heavy (non-hydrogen) atoms. The van der Waals surface area contributed by atoms with Gasteiger partial charge < -0.3 is 15.4 Å². The SMILES string of the molecule is Cc1cc(NC(=O)C(C)n2nc([N+](=O)[O-])cc2C)nn1Cc1c(F)cccc1Cl. The molecular weight excluding hydrogens is 403 g/mol. The molecule has 152 valence electrons. The zero-order valence-electron chi connectivity index (χ0n) is 15.9. The molecule has 3 rings (SSSR count). The molecule has 0 aliphatic rings. The van der Waals surface area contributed by atoms with Crippen molar-refractivity contribution in [1.82, 2.24) is 19.6 Å². The van der Waals surface area contributed by atoms with Gasteiger partial charge in [-0.25, -0.2) is 4.39 Å². The van der Waals surface area contributed by atoms with Gasteiger partial charge in [0.2, 0.25) is 0 Å². The molecule has 0 spiro atoms. The van der Waals surface area contributed by atoms with Gasteiger partial charge in [0.15, 0.2) is 5.82 Å². The summed E-state index contributed by atoms with van der Waals surface area (Å²) in [7, 11) is 0. The van der Waals surface area contributed by atoms with Crippen LogP contribution in [0.1, 0.15) is 29.9 Å². The van der Waals surface area contributed by atoms with Crippen LogP contribution in [-0.2, 0) is 11.3 Å². The number of amides is 1. The van der Waals surface area contributed by atoms with Gasteiger partial charge in [-0.2, -0.15) is 9.78 Å². The molecule has 1 unspecified atom stereocenters. The molecule has 0 saturated heterocycles. The zero-order valence-corrected chi connectivity index (χ0v) is 16.6. The lowest BCUT2D eigenvalue weighted by atomic mass is 10.2. The minimum Gasteiger partial charge on any atom is -0.358 e. The molecule has 9 nitrogen and oxygen atoms in total. The Morgan fingerprint density at radius 2 is 2.03 bits per heavy atom. The number of aryl methyl sites for hydroxylation is 2. The molecule has 0 aliphatic heterocycles. The number of carbonyl (C=O) groups is 1. The second-order valence-corrected chi connectivity index (χ2v) is 6.95. The van der Waals surface area contributed by atoms with Crippen molar-refractivity contribution in [1.29, 1.82) is 0 Å². The standard InChI is InChI=1S/C18H18ClFN6O3/c1-10-7-16(22-24(10)9-13-14(19)5-4-6-15(13)20)21-18(27)12(3)25-11(2)8-17(23-25)26(28)29/h4-8,12H,9H2,1-3H3,(H,21,22,27). The normalized spacial score (nSPS) is 12.0. The number of hydrogen-bond acceptors (Lipinski definition) is 5. The van der Waals surface area contributed by atoms with Crippen LogP contribution in [0.5, 0.6) is 0 Å². The van der Waals surface area contributed by atoms with Crippen molar-refractivity contribution >= 4 is 29.1 Å². The van der Waals surface area contributed by atoms with Gasteiger partial charge in [-0.1, -0.05) is 17.7 Å². The number of halogens is 2. The first-order valence-corrected chi connectivity index (χ1v) is 9.04. The van der Waals surface area contributed by atoms with Crippen molar-refractivity contribution < 1.29 is 14.1 Å². The first-order chi connectivity index (χ1) is 13.7. The number of benzene rings is 1. The van der Waals surface area contributed by atoms with E-state index in [1.165, 1.54) is 27.6 Å². The number of hydrogen-bond donors (Lipinski definition) is 1. The molecule has 1 atom stereocenters. The van der Waals surface area contributed by atoms with Crippen LogP contribution < -0.4 is 5.32 Å². The van der Waals surface area contributed by atoms with Crippen molar-refractivity contribution in [3.8, 4) is 0 Å². The van der Waals surface area contributed by atoms with E-state index in [1.807, 2.05) is 0 Å². The summed E-state index contributed by atoms with van der Waals surface area (Å²) in [6.07, 6.45) is 0. The summed E-state index contributed by atoms with van der Waals surface area (Å²) >= 11 is 6.06. The number of nitrogens with one attached hydrogen (secondary N) is 1. The minimum atomic E-state index is -0.796. The van der Waals surface area contributed by atoms with E-state index in [-0.39, 0.29) is 23.2 Å². The lowest BCUT2D eigenvalue weighted by molar-refractivity contribution is -0.389. The zero-order chi connectivity index (χ0) is 21.3. The van der Waals surface area contributed by atoms with E-state index in [4.69, 9.17) is 11.6 Å². The Labute approximate surface area is 170 Å². The Kier molecular flexibility index (Phi) is 5.64. The Morgan fingerprint density at radius 1 is 1.31 bits per heavy atom. The van der Waals surface area contributed by atoms with Gasteiger partial charge in [0.25, 0.3) is 5.91 Å². The average Bonchev–Trinajstić information content (AvgIpc) is 3.20. The highest BCUT2D eigenvalue weighted by molar-refractivity contribution is 6.31. The summed E-state index contributed by atoms with van der Waals surface area (Å²) in [5.41, 5.74) is 1.47. The predicted molar refractivity (Wildman–Crippen MR) is 104 cm³/mol. The number of carbonyl (C=O) groups excluding carboxylic acids is 1. The van der Waals surface area contributed by atoms with Crippen LogP contribution in [0.2, 0.25) is 5.02 Å². The molecule has 1 amide bonds. The quantitative estimate of drug-likeness (QED) is 0.483. The highest BCUT2D eigenvalue weighted by Gasteiger charge is 2.25. The summed E-state index contributed by atoms with van der Waals surface area (Å²) in [4.78, 5) is 22.8. The van der Waals surface area contributed by atoms with Crippen LogP contribution in [-0.4, -0.2) is 30.4 Å². The minimum absolute atomic E-state index is 0.104. The molecule has 0 saturated carbocycles. The van der Waals surface area contributed by atoms with E-state index < -0.39 is 22.7 Å². The maximum Gasteiger partial charge on any atom is 0.390 e. The molecule has 3 aromatic rings. The van der Waals surface area contributed by atoms with E-state index in [1.54, 1.807) is 32.9 Å². The highest BCUT2D eigenvalue weighted by atomic mass is 35.5. The van der Waals surface area contributed by atoms with Gasteiger partial charge in [0.1, 0.15) is 11.9 Å². The van der Waals surface area contributed by atoms with Crippen LogP contribution >= 0.6 is 11.6 Å². The Morgan fingerprint density at radius 3 is 2.66 bits per heavy atom. The molecule has 1 aromatic carbocycles. The Balaban J connectivity index is 1.76. The van der Waals surface area contributed by atoms with Gasteiger partial charge >= 0.3 is 5.82 Å². The fourth-order valence-corrected chi connectivity index (χ4v) is 3.08. The smallest absolute Gasteiger partial charge is 0.358 e. The van der Waals surface area contributed by atoms with Crippen molar-refractivity contribution in [3.63, 3.8) is 0 Å². The predicted octanol–water partition coefficient (Wildman–Crippen LogP) is 3.65. The third kappa shape index (κ3) is 4.27. The lowest BCUT2D eigenvalue weighted by Gasteiger charge is -2.10. The number of nitro groups is 1. The maximum absolute atomic E-state index is 14.0. The fraction of sp³-hybridized carbons (Fsp3) is 0.278. The number of aromatic nitrogens is 4. The summed E-state index contributed by atoms with van der Waals surface area (Å²) in [6, 6.07) is 6.56. The third-order valence-corrected chi connectivity index (χ3v) is 4.80. The monoisotopic (exact) mass is 420 g/mol. The molecule has 0 fully saturated rings. The number of nitrogens with zero attached hydrogens (tertiary/aromatic N) is 5. The number of anilines is 1. The lowest BCUT2D eigenvalue weighted by Crippen LogP contribution is -2.25. The van der Waals surface area contributed by atoms with Gasteiger partial charge in [-0.3, -0.25) is 9.48 Å². The highest BCUT2D eigenvalue weighted by Crippen LogP contribution is 2.22. The number of rotatable bonds is 6. The summed E-state index contributed by atoms with van der Waals surface area (Å²) < 4.78 is 16.8. The largest absolute Gasteiger partial charge is 0.390 e. The molecule has 11 heteroatoms. The van der Waals surface area contributed by atoms with E-state index in [9.17, 15) is 19.3 Å². The van der Waals surface area contributed by atoms with Gasteiger partial charge in [0, 0.05) is 22.3 Å². The van der Waals surface area contributed by atoms with Crippen LogP contribution in [0, 0.1) is 29.8 Å². The van der Waals surface area contributed by atoms with E-state index in [0.717, 1.165) is 0 Å². The topological polar surface area (TPSA) is 108 Å². The van der Waals surface area contributed by atoms with Gasteiger partial charge in [-0.15, -0.1) is 0 Å². The first-order valence-electron chi connectivity index (χ1n) is 8.66. The summed E-state index contributed by atoms with van der Waals surface area (Å²) in [5, 5.41) is 21.9. The molecule has 0 radical (unpaired) electrons. The third-order valence-electron chi connectivity index (χ3n) is 4.44. The summed E-state index contributed by atoms with van der Waals surface area (Å²) in [6.45, 7) is 5.07. The van der Waals surface area contributed by atoms with Crippen molar-refractivity contribution in [2.24, 2.45) is 0 Å². The van der Waals surface area contributed by atoms with Crippen LogP contribution in [0.4, 0.5) is 16.0 Å². The fourth-order valence-electron chi connectivity index (χ4n) is 2.86. The molecule has 2 aromatic heterocycles. The van der Waals surface area contributed by atoms with E-state index >= 15 is 0 Å². The Bertz CT molecular complexity index is 1070. The van der Waals surface area contributed by atoms with E-state index in [2.05, 4.69) is 15.5 Å². The second-order valence-electron chi connectivity index (χ2n) is 6.54. The van der Waals surface area contributed by atoms with Crippen molar-refractivity contribution in [2.45, 2.75) is 33.4 Å². The maximum atomic E-state index is 14.0.